The van der Waals surface area contributed by atoms with Crippen LogP contribution in [0.15, 0.2) is 42.5 Å². The van der Waals surface area contributed by atoms with Gasteiger partial charge in [-0.25, -0.2) is 4.39 Å². The fourth-order valence-corrected chi connectivity index (χ4v) is 2.39. The second-order valence-corrected chi connectivity index (χ2v) is 4.74. The molecule has 0 amide bonds. The Kier molecular flexibility index (Phi) is 3.36. The smallest absolute Gasteiger partial charge is 0.143 e. The van der Waals surface area contributed by atoms with E-state index in [1.165, 1.54) is 17.7 Å². The normalized spacial score (nSPS) is 13.5. The lowest BCUT2D eigenvalue weighted by atomic mass is 10.0. The van der Waals surface area contributed by atoms with E-state index in [1.54, 1.807) is 6.07 Å². The van der Waals surface area contributed by atoms with Crippen molar-refractivity contribution in [1.82, 2.24) is 0 Å². The second-order valence-electron chi connectivity index (χ2n) is 4.74. The van der Waals surface area contributed by atoms with Crippen molar-refractivity contribution in [2.75, 3.05) is 11.9 Å². The minimum Gasteiger partial charge on any atom is -0.487 e. The molecule has 0 spiro atoms. The number of hydrogen-bond donors (Lipinski definition) is 1. The first-order valence-corrected chi connectivity index (χ1v) is 6.56. The summed E-state index contributed by atoms with van der Waals surface area (Å²) >= 11 is 0. The number of ether oxygens (including phenoxy) is 1. The van der Waals surface area contributed by atoms with E-state index in [0.29, 0.717) is 6.61 Å². The van der Waals surface area contributed by atoms with Gasteiger partial charge in [-0.3, -0.25) is 0 Å². The summed E-state index contributed by atoms with van der Waals surface area (Å²) < 4.78 is 18.9. The standard InChI is InChI=1S/C16H16FNO/c17-14-7-1-4-12(10-14)11-19-15-8-2-5-13-6-3-9-18-16(13)15/h1-2,4-5,7-8,10,18H,3,6,9,11H2. The van der Waals surface area contributed by atoms with Crippen molar-refractivity contribution in [3.8, 4) is 5.75 Å². The summed E-state index contributed by atoms with van der Waals surface area (Å²) in [5.74, 6) is 0.621. The molecule has 0 aliphatic carbocycles. The van der Waals surface area contributed by atoms with E-state index >= 15 is 0 Å². The van der Waals surface area contributed by atoms with Crippen molar-refractivity contribution in [2.45, 2.75) is 19.4 Å². The number of fused-ring (bicyclic) bond motifs is 1. The van der Waals surface area contributed by atoms with Crippen LogP contribution in [0.25, 0.3) is 0 Å². The predicted octanol–water partition coefficient (Wildman–Crippen LogP) is 3.76. The Hall–Kier alpha value is -2.03. The number of halogens is 1. The van der Waals surface area contributed by atoms with Gasteiger partial charge in [-0.15, -0.1) is 0 Å². The molecule has 0 fully saturated rings. The van der Waals surface area contributed by atoms with Gasteiger partial charge in [-0.1, -0.05) is 24.3 Å². The third kappa shape index (κ3) is 2.70. The van der Waals surface area contributed by atoms with E-state index in [1.807, 2.05) is 18.2 Å². The SMILES string of the molecule is Fc1cccc(COc2cccc3c2NCCC3)c1. The van der Waals surface area contributed by atoms with Gasteiger partial charge in [-0.2, -0.15) is 0 Å². The molecule has 2 nitrogen and oxygen atoms in total. The molecule has 0 atom stereocenters. The first kappa shape index (κ1) is 12.0. The van der Waals surface area contributed by atoms with E-state index in [-0.39, 0.29) is 5.82 Å². The highest BCUT2D eigenvalue weighted by molar-refractivity contribution is 5.63. The highest BCUT2D eigenvalue weighted by Crippen LogP contribution is 2.32. The molecule has 0 aromatic heterocycles. The summed E-state index contributed by atoms with van der Waals surface area (Å²) in [4.78, 5) is 0. The summed E-state index contributed by atoms with van der Waals surface area (Å²) in [6, 6.07) is 12.6. The molecule has 1 heterocycles. The number of nitrogens with one attached hydrogen (secondary N) is 1. The third-order valence-corrected chi connectivity index (χ3v) is 3.32. The number of anilines is 1. The summed E-state index contributed by atoms with van der Waals surface area (Å²) in [5.41, 5.74) is 3.22. The topological polar surface area (TPSA) is 21.3 Å². The van der Waals surface area contributed by atoms with Crippen LogP contribution in [0.5, 0.6) is 5.75 Å². The van der Waals surface area contributed by atoms with Crippen molar-refractivity contribution in [1.29, 1.82) is 0 Å². The lowest BCUT2D eigenvalue weighted by molar-refractivity contribution is 0.306. The van der Waals surface area contributed by atoms with Crippen LogP contribution in [-0.2, 0) is 13.0 Å². The van der Waals surface area contributed by atoms with E-state index in [9.17, 15) is 4.39 Å². The van der Waals surface area contributed by atoms with Crippen LogP contribution in [0.1, 0.15) is 17.5 Å². The van der Waals surface area contributed by atoms with Crippen molar-refractivity contribution in [3.05, 3.63) is 59.4 Å². The molecule has 1 aliphatic rings. The fourth-order valence-electron chi connectivity index (χ4n) is 2.39. The van der Waals surface area contributed by atoms with E-state index in [4.69, 9.17) is 4.74 Å². The molecular weight excluding hydrogens is 241 g/mol. The molecule has 1 N–H and O–H groups in total. The first-order chi connectivity index (χ1) is 9.33. The maximum absolute atomic E-state index is 13.1. The Bertz CT molecular complexity index is 583. The van der Waals surface area contributed by atoms with Gasteiger partial charge < -0.3 is 10.1 Å². The van der Waals surface area contributed by atoms with Gasteiger partial charge in [0.2, 0.25) is 0 Å². The van der Waals surface area contributed by atoms with Gasteiger partial charge in [0, 0.05) is 6.54 Å². The molecule has 3 heteroatoms. The van der Waals surface area contributed by atoms with Crippen LogP contribution in [0, 0.1) is 5.82 Å². The maximum atomic E-state index is 13.1. The number of hydrogen-bond acceptors (Lipinski definition) is 2. The largest absolute Gasteiger partial charge is 0.487 e. The Morgan fingerprint density at radius 2 is 2.05 bits per heavy atom. The zero-order valence-electron chi connectivity index (χ0n) is 10.7. The molecule has 0 bridgehead atoms. The zero-order valence-corrected chi connectivity index (χ0v) is 10.7. The minimum absolute atomic E-state index is 0.227. The minimum atomic E-state index is -0.227. The Balaban J connectivity index is 1.77. The fraction of sp³-hybridized carbons (Fsp3) is 0.250. The molecule has 98 valence electrons. The highest BCUT2D eigenvalue weighted by Gasteiger charge is 2.13. The first-order valence-electron chi connectivity index (χ1n) is 6.56. The molecule has 0 saturated heterocycles. The van der Waals surface area contributed by atoms with Crippen LogP contribution >= 0.6 is 0 Å². The average Bonchev–Trinajstić information content (AvgIpc) is 2.45. The molecule has 0 unspecified atom stereocenters. The quantitative estimate of drug-likeness (QED) is 0.904. The Morgan fingerprint density at radius 1 is 1.16 bits per heavy atom. The number of aryl methyl sites for hydroxylation is 1. The average molecular weight is 257 g/mol. The van der Waals surface area contributed by atoms with E-state index < -0.39 is 0 Å². The second kappa shape index (κ2) is 5.31. The van der Waals surface area contributed by atoms with Gasteiger partial charge >= 0.3 is 0 Å². The summed E-state index contributed by atoms with van der Waals surface area (Å²) in [5, 5.41) is 3.38. The third-order valence-electron chi connectivity index (χ3n) is 3.32. The molecule has 0 radical (unpaired) electrons. The molecule has 3 rings (SSSR count). The van der Waals surface area contributed by atoms with E-state index in [2.05, 4.69) is 11.4 Å². The van der Waals surface area contributed by atoms with Gasteiger partial charge in [-0.05, 0) is 42.2 Å². The molecule has 2 aromatic rings. The predicted molar refractivity (Wildman–Crippen MR) is 74.0 cm³/mol. The van der Waals surface area contributed by atoms with Crippen molar-refractivity contribution >= 4 is 5.69 Å². The van der Waals surface area contributed by atoms with Crippen LogP contribution < -0.4 is 10.1 Å². The molecule has 0 saturated carbocycles. The number of benzene rings is 2. The molecule has 19 heavy (non-hydrogen) atoms. The van der Waals surface area contributed by atoms with Crippen molar-refractivity contribution in [3.63, 3.8) is 0 Å². The lowest BCUT2D eigenvalue weighted by Gasteiger charge is -2.21. The maximum Gasteiger partial charge on any atom is 0.143 e. The number of rotatable bonds is 3. The van der Waals surface area contributed by atoms with Gasteiger partial charge in [0.25, 0.3) is 0 Å². The summed E-state index contributed by atoms with van der Waals surface area (Å²) in [6.45, 7) is 1.36. The molecule has 1 aliphatic heterocycles. The van der Waals surface area contributed by atoms with Crippen LogP contribution in [-0.4, -0.2) is 6.54 Å². The van der Waals surface area contributed by atoms with Crippen molar-refractivity contribution < 1.29 is 9.13 Å². The summed E-state index contributed by atoms with van der Waals surface area (Å²) in [7, 11) is 0. The highest BCUT2D eigenvalue weighted by atomic mass is 19.1. The Morgan fingerprint density at radius 3 is 2.95 bits per heavy atom. The summed E-state index contributed by atoms with van der Waals surface area (Å²) in [6.07, 6.45) is 2.24. The molecule has 2 aromatic carbocycles. The monoisotopic (exact) mass is 257 g/mol. The zero-order chi connectivity index (χ0) is 13.1. The van der Waals surface area contributed by atoms with Gasteiger partial charge in [0.05, 0.1) is 5.69 Å². The number of para-hydroxylation sites is 1. The van der Waals surface area contributed by atoms with Crippen LogP contribution in [0.2, 0.25) is 0 Å². The van der Waals surface area contributed by atoms with Crippen LogP contribution in [0.3, 0.4) is 0 Å². The molecular formula is C16H16FNO. The van der Waals surface area contributed by atoms with Gasteiger partial charge in [0.15, 0.2) is 0 Å². The lowest BCUT2D eigenvalue weighted by Crippen LogP contribution is -2.13. The Labute approximate surface area is 112 Å². The van der Waals surface area contributed by atoms with Crippen molar-refractivity contribution in [2.24, 2.45) is 0 Å². The van der Waals surface area contributed by atoms with Gasteiger partial charge in [0.1, 0.15) is 18.2 Å². The van der Waals surface area contributed by atoms with Crippen LogP contribution in [0.4, 0.5) is 10.1 Å². The van der Waals surface area contributed by atoms with E-state index in [0.717, 1.165) is 36.4 Å².